The summed E-state index contributed by atoms with van der Waals surface area (Å²) in [6.45, 7) is 0. The van der Waals surface area contributed by atoms with Crippen LogP contribution < -0.4 is 15.4 Å². The highest BCUT2D eigenvalue weighted by Gasteiger charge is 2.33. The van der Waals surface area contributed by atoms with Gasteiger partial charge in [-0.05, 0) is 12.1 Å². The van der Waals surface area contributed by atoms with Crippen molar-refractivity contribution in [3.05, 3.63) is 35.8 Å². The van der Waals surface area contributed by atoms with Crippen LogP contribution in [0, 0.1) is 5.82 Å². The van der Waals surface area contributed by atoms with Gasteiger partial charge in [-0.3, -0.25) is 0 Å². The molecule has 0 bridgehead atoms. The summed E-state index contributed by atoms with van der Waals surface area (Å²) in [7, 11) is 2.71. The number of ether oxygens (including phenoxy) is 1. The normalized spacial score (nSPS) is 11.2. The van der Waals surface area contributed by atoms with E-state index in [-0.39, 0.29) is 23.2 Å². The maximum Gasteiger partial charge on any atom is 0.433 e. The van der Waals surface area contributed by atoms with Gasteiger partial charge in [-0.2, -0.15) is 18.2 Å². The average molecular weight is 316 g/mol. The quantitative estimate of drug-likeness (QED) is 0.846. The van der Waals surface area contributed by atoms with E-state index in [2.05, 4.69) is 20.6 Å². The van der Waals surface area contributed by atoms with Crippen LogP contribution in [0.15, 0.2) is 24.3 Å². The van der Waals surface area contributed by atoms with E-state index in [1.54, 1.807) is 0 Å². The molecule has 22 heavy (non-hydrogen) atoms. The maximum absolute atomic E-state index is 13.6. The Kier molecular flexibility index (Phi) is 4.34. The Labute approximate surface area is 123 Å². The Morgan fingerprint density at radius 2 is 1.86 bits per heavy atom. The van der Waals surface area contributed by atoms with Crippen molar-refractivity contribution in [1.29, 1.82) is 0 Å². The van der Waals surface area contributed by atoms with Gasteiger partial charge in [-0.15, -0.1) is 0 Å². The number of aromatic nitrogens is 2. The molecule has 5 nitrogen and oxygen atoms in total. The van der Waals surface area contributed by atoms with Crippen molar-refractivity contribution in [3.63, 3.8) is 0 Å². The van der Waals surface area contributed by atoms with Crippen LogP contribution >= 0.6 is 0 Å². The van der Waals surface area contributed by atoms with Crippen molar-refractivity contribution >= 4 is 17.5 Å². The SMILES string of the molecule is CNc1nc(Nc2ccc(OC)c(F)c2)cc(C(F)(F)F)n1. The summed E-state index contributed by atoms with van der Waals surface area (Å²) in [6, 6.07) is 4.63. The zero-order chi connectivity index (χ0) is 16.3. The Morgan fingerprint density at radius 3 is 2.41 bits per heavy atom. The van der Waals surface area contributed by atoms with Crippen LogP contribution in [0.2, 0.25) is 0 Å². The summed E-state index contributed by atoms with van der Waals surface area (Å²) in [4.78, 5) is 7.17. The topological polar surface area (TPSA) is 59.1 Å². The molecule has 0 aliphatic heterocycles. The second-order valence-corrected chi connectivity index (χ2v) is 4.18. The lowest BCUT2D eigenvalue weighted by atomic mass is 10.3. The minimum Gasteiger partial charge on any atom is -0.494 e. The van der Waals surface area contributed by atoms with Gasteiger partial charge in [0.25, 0.3) is 0 Å². The van der Waals surface area contributed by atoms with Crippen LogP contribution in [0.5, 0.6) is 5.75 Å². The van der Waals surface area contributed by atoms with E-state index < -0.39 is 17.7 Å². The molecule has 0 saturated heterocycles. The molecule has 0 amide bonds. The first-order valence-electron chi connectivity index (χ1n) is 6.08. The molecular weight excluding hydrogens is 304 g/mol. The largest absolute Gasteiger partial charge is 0.494 e. The number of benzene rings is 1. The fourth-order valence-corrected chi connectivity index (χ4v) is 1.66. The molecular formula is C13H12F4N4O. The molecule has 2 N–H and O–H groups in total. The van der Waals surface area contributed by atoms with Crippen LogP contribution in [0.1, 0.15) is 5.69 Å². The summed E-state index contributed by atoms with van der Waals surface area (Å²) >= 11 is 0. The molecule has 0 aliphatic rings. The summed E-state index contributed by atoms with van der Waals surface area (Å²) in [5, 5.41) is 5.04. The molecule has 2 rings (SSSR count). The van der Waals surface area contributed by atoms with Crippen LogP contribution in [-0.4, -0.2) is 24.1 Å². The van der Waals surface area contributed by atoms with E-state index in [4.69, 9.17) is 4.74 Å². The lowest BCUT2D eigenvalue weighted by molar-refractivity contribution is -0.141. The average Bonchev–Trinajstić information content (AvgIpc) is 2.46. The standard InChI is InChI=1S/C13H12F4N4O/c1-18-12-20-10(13(15,16)17)6-11(21-12)19-7-3-4-9(22-2)8(14)5-7/h3-6H,1-2H3,(H2,18,19,20,21). The van der Waals surface area contributed by atoms with E-state index in [0.29, 0.717) is 0 Å². The smallest absolute Gasteiger partial charge is 0.433 e. The van der Waals surface area contributed by atoms with E-state index >= 15 is 0 Å². The number of methoxy groups -OCH3 is 1. The van der Waals surface area contributed by atoms with Crippen molar-refractivity contribution in [2.24, 2.45) is 0 Å². The molecule has 1 aromatic heterocycles. The maximum atomic E-state index is 13.6. The summed E-state index contributed by atoms with van der Waals surface area (Å²) < 4.78 is 56.6. The zero-order valence-corrected chi connectivity index (χ0v) is 11.6. The van der Waals surface area contributed by atoms with Crippen molar-refractivity contribution in [2.75, 3.05) is 24.8 Å². The van der Waals surface area contributed by atoms with E-state index in [1.165, 1.54) is 26.3 Å². The number of anilines is 3. The number of hydrogen-bond donors (Lipinski definition) is 2. The third-order valence-corrected chi connectivity index (χ3v) is 2.66. The fourth-order valence-electron chi connectivity index (χ4n) is 1.66. The molecule has 1 aromatic carbocycles. The van der Waals surface area contributed by atoms with Gasteiger partial charge in [-0.25, -0.2) is 9.37 Å². The summed E-state index contributed by atoms with van der Waals surface area (Å²) in [5.74, 6) is -0.936. The second kappa shape index (κ2) is 6.04. The molecule has 0 fully saturated rings. The predicted octanol–water partition coefficient (Wildman–Crippen LogP) is 3.43. The van der Waals surface area contributed by atoms with Crippen molar-refractivity contribution < 1.29 is 22.3 Å². The summed E-state index contributed by atoms with van der Waals surface area (Å²) in [5.41, 5.74) is -0.879. The van der Waals surface area contributed by atoms with Gasteiger partial charge in [0.05, 0.1) is 7.11 Å². The number of hydrogen-bond acceptors (Lipinski definition) is 5. The molecule has 0 atom stereocenters. The predicted molar refractivity (Wildman–Crippen MR) is 72.8 cm³/mol. The highest BCUT2D eigenvalue weighted by Crippen LogP contribution is 2.30. The second-order valence-electron chi connectivity index (χ2n) is 4.18. The molecule has 0 unspecified atom stereocenters. The fraction of sp³-hybridized carbons (Fsp3) is 0.231. The van der Waals surface area contributed by atoms with Gasteiger partial charge in [0.15, 0.2) is 17.3 Å². The number of nitrogens with one attached hydrogen (secondary N) is 2. The highest BCUT2D eigenvalue weighted by molar-refractivity contribution is 5.59. The molecule has 9 heteroatoms. The Hall–Kier alpha value is -2.58. The number of alkyl halides is 3. The van der Waals surface area contributed by atoms with Crippen LogP contribution in [0.3, 0.4) is 0 Å². The minimum absolute atomic E-state index is 0.0279. The molecule has 0 saturated carbocycles. The van der Waals surface area contributed by atoms with E-state index in [0.717, 1.165) is 12.1 Å². The van der Waals surface area contributed by atoms with Crippen LogP contribution in [0.4, 0.5) is 35.0 Å². The van der Waals surface area contributed by atoms with Gasteiger partial charge < -0.3 is 15.4 Å². The summed E-state index contributed by atoms with van der Waals surface area (Å²) in [6.07, 6.45) is -4.61. The lowest BCUT2D eigenvalue weighted by Crippen LogP contribution is -2.12. The zero-order valence-electron chi connectivity index (χ0n) is 11.6. The van der Waals surface area contributed by atoms with Crippen LogP contribution in [0.25, 0.3) is 0 Å². The van der Waals surface area contributed by atoms with E-state index in [9.17, 15) is 17.6 Å². The van der Waals surface area contributed by atoms with Gasteiger partial charge in [0, 0.05) is 24.9 Å². The van der Waals surface area contributed by atoms with Gasteiger partial charge in [-0.1, -0.05) is 0 Å². The van der Waals surface area contributed by atoms with Crippen LogP contribution in [-0.2, 0) is 6.18 Å². The van der Waals surface area contributed by atoms with E-state index in [1.807, 2.05) is 0 Å². The first-order chi connectivity index (χ1) is 10.3. The minimum atomic E-state index is -4.61. The van der Waals surface area contributed by atoms with Gasteiger partial charge in [0.2, 0.25) is 5.95 Å². The Balaban J connectivity index is 2.34. The van der Waals surface area contributed by atoms with Crippen molar-refractivity contribution in [3.8, 4) is 5.75 Å². The Bertz CT molecular complexity index is 676. The number of nitrogens with zero attached hydrogens (tertiary/aromatic N) is 2. The first kappa shape index (κ1) is 15.8. The highest BCUT2D eigenvalue weighted by atomic mass is 19.4. The molecule has 0 radical (unpaired) electrons. The molecule has 0 spiro atoms. The number of rotatable bonds is 4. The molecule has 118 valence electrons. The van der Waals surface area contributed by atoms with Crippen molar-refractivity contribution in [1.82, 2.24) is 9.97 Å². The van der Waals surface area contributed by atoms with Gasteiger partial charge in [0.1, 0.15) is 5.82 Å². The third kappa shape index (κ3) is 3.54. The Morgan fingerprint density at radius 1 is 1.14 bits per heavy atom. The lowest BCUT2D eigenvalue weighted by Gasteiger charge is -2.12. The third-order valence-electron chi connectivity index (χ3n) is 2.66. The molecule has 0 aliphatic carbocycles. The van der Waals surface area contributed by atoms with Gasteiger partial charge >= 0.3 is 6.18 Å². The van der Waals surface area contributed by atoms with Crippen molar-refractivity contribution in [2.45, 2.75) is 6.18 Å². The first-order valence-corrected chi connectivity index (χ1v) is 6.08. The molecule has 1 heterocycles. The number of halogens is 4. The molecule has 2 aromatic rings. The monoisotopic (exact) mass is 316 g/mol.